The van der Waals surface area contributed by atoms with E-state index in [4.69, 9.17) is 9.47 Å². The zero-order valence-corrected chi connectivity index (χ0v) is 16.5. The first-order chi connectivity index (χ1) is 12.6. The summed E-state index contributed by atoms with van der Waals surface area (Å²) in [5.74, 6) is 3.10. The average Bonchev–Trinajstić information content (AvgIpc) is 2.66. The van der Waals surface area contributed by atoms with Crippen molar-refractivity contribution in [3.8, 4) is 11.5 Å². The molecule has 0 bridgehead atoms. The summed E-state index contributed by atoms with van der Waals surface area (Å²) in [6.45, 7) is 4.67. The highest BCUT2D eigenvalue weighted by Gasteiger charge is 2.18. The third kappa shape index (κ3) is 6.64. The van der Waals surface area contributed by atoms with Gasteiger partial charge in [-0.25, -0.2) is 0 Å². The molecule has 1 N–H and O–H groups in total. The second-order valence-electron chi connectivity index (χ2n) is 6.03. The second kappa shape index (κ2) is 10.8. The topological polar surface area (TPSA) is 47.6 Å². The summed E-state index contributed by atoms with van der Waals surface area (Å²) >= 11 is 1.81. The number of thioether (sulfide) groups is 1. The molecule has 26 heavy (non-hydrogen) atoms. The van der Waals surface area contributed by atoms with Crippen LogP contribution in [0.3, 0.4) is 0 Å². The fourth-order valence-corrected chi connectivity index (χ4v) is 3.32. The first kappa shape index (κ1) is 20.2. The predicted octanol–water partition coefficient (Wildman–Crippen LogP) is 4.21. The van der Waals surface area contributed by atoms with E-state index in [0.717, 1.165) is 11.5 Å². The minimum Gasteiger partial charge on any atom is -0.497 e. The van der Waals surface area contributed by atoms with E-state index >= 15 is 0 Å². The molecule has 0 aliphatic heterocycles. The van der Waals surface area contributed by atoms with E-state index in [2.05, 4.69) is 36.5 Å². The van der Waals surface area contributed by atoms with Gasteiger partial charge in [0.1, 0.15) is 11.5 Å². The molecule has 0 heterocycles. The Morgan fingerprint density at radius 1 is 1.15 bits per heavy atom. The molecular formula is C21H27NO3S. The van der Waals surface area contributed by atoms with Gasteiger partial charge in [-0.15, -0.1) is 0 Å². The Bertz CT molecular complexity index is 705. The van der Waals surface area contributed by atoms with E-state index in [-0.39, 0.29) is 5.91 Å². The van der Waals surface area contributed by atoms with Gasteiger partial charge in [-0.1, -0.05) is 42.8 Å². The zero-order valence-electron chi connectivity index (χ0n) is 15.7. The highest BCUT2D eigenvalue weighted by molar-refractivity contribution is 7.98. The summed E-state index contributed by atoms with van der Waals surface area (Å²) in [6, 6.07) is 15.8. The fraction of sp³-hybridized carbons (Fsp3) is 0.381. The van der Waals surface area contributed by atoms with Crippen LogP contribution in [0.5, 0.6) is 11.5 Å². The number of amides is 1. The van der Waals surface area contributed by atoms with Gasteiger partial charge in [0.15, 0.2) is 6.10 Å². The van der Waals surface area contributed by atoms with Crippen LogP contribution in [-0.2, 0) is 10.5 Å². The SMILES string of the molecule is CCC(Oc1cccc(OC)c1)C(=O)NCCSCc1cccc(C)c1. The molecule has 2 aromatic rings. The van der Waals surface area contributed by atoms with E-state index in [0.29, 0.717) is 24.5 Å². The minimum atomic E-state index is -0.496. The Kier molecular flexibility index (Phi) is 8.35. The Balaban J connectivity index is 1.72. The van der Waals surface area contributed by atoms with Crippen LogP contribution in [-0.4, -0.2) is 31.4 Å². The van der Waals surface area contributed by atoms with Crippen molar-refractivity contribution in [3.63, 3.8) is 0 Å². The highest BCUT2D eigenvalue weighted by atomic mass is 32.2. The van der Waals surface area contributed by atoms with E-state index in [9.17, 15) is 4.79 Å². The van der Waals surface area contributed by atoms with Crippen LogP contribution >= 0.6 is 11.8 Å². The number of rotatable bonds is 10. The lowest BCUT2D eigenvalue weighted by Gasteiger charge is -2.17. The molecule has 0 aliphatic carbocycles. The maximum absolute atomic E-state index is 12.3. The van der Waals surface area contributed by atoms with E-state index in [1.54, 1.807) is 13.2 Å². The average molecular weight is 374 g/mol. The molecule has 0 fully saturated rings. The Morgan fingerprint density at radius 3 is 2.65 bits per heavy atom. The monoisotopic (exact) mass is 373 g/mol. The molecule has 0 radical (unpaired) electrons. The number of ether oxygens (including phenoxy) is 2. The number of carbonyl (C=O) groups excluding carboxylic acids is 1. The van der Waals surface area contributed by atoms with Gasteiger partial charge in [0.2, 0.25) is 0 Å². The van der Waals surface area contributed by atoms with Gasteiger partial charge in [0.05, 0.1) is 7.11 Å². The Hall–Kier alpha value is -2.14. The third-order valence-corrected chi connectivity index (χ3v) is 4.91. The maximum atomic E-state index is 12.3. The lowest BCUT2D eigenvalue weighted by Crippen LogP contribution is -2.39. The molecule has 1 unspecified atom stereocenters. The third-order valence-electron chi connectivity index (χ3n) is 3.88. The van der Waals surface area contributed by atoms with Crippen molar-refractivity contribution in [1.29, 1.82) is 0 Å². The smallest absolute Gasteiger partial charge is 0.261 e. The fourth-order valence-electron chi connectivity index (χ4n) is 2.51. The van der Waals surface area contributed by atoms with Crippen molar-refractivity contribution in [1.82, 2.24) is 5.32 Å². The van der Waals surface area contributed by atoms with Crippen LogP contribution in [0.2, 0.25) is 0 Å². The molecule has 0 spiro atoms. The van der Waals surface area contributed by atoms with Gasteiger partial charge in [0.25, 0.3) is 5.91 Å². The number of hydrogen-bond donors (Lipinski definition) is 1. The summed E-state index contributed by atoms with van der Waals surface area (Å²) in [6.07, 6.45) is 0.114. The molecule has 0 aromatic heterocycles. The van der Waals surface area contributed by atoms with Crippen molar-refractivity contribution < 1.29 is 14.3 Å². The summed E-state index contributed by atoms with van der Waals surface area (Å²) in [5.41, 5.74) is 2.59. The molecule has 2 rings (SSSR count). The molecule has 1 atom stereocenters. The maximum Gasteiger partial charge on any atom is 0.261 e. The van der Waals surface area contributed by atoms with Gasteiger partial charge >= 0.3 is 0 Å². The second-order valence-corrected chi connectivity index (χ2v) is 7.13. The lowest BCUT2D eigenvalue weighted by atomic mass is 10.2. The first-order valence-electron chi connectivity index (χ1n) is 8.84. The van der Waals surface area contributed by atoms with Crippen molar-refractivity contribution in [3.05, 3.63) is 59.7 Å². The van der Waals surface area contributed by atoms with Gasteiger partial charge < -0.3 is 14.8 Å². The van der Waals surface area contributed by atoms with E-state index in [1.165, 1.54) is 11.1 Å². The number of nitrogens with one attached hydrogen (secondary N) is 1. The first-order valence-corrected chi connectivity index (χ1v) is 9.99. The van der Waals surface area contributed by atoms with Crippen LogP contribution in [0.1, 0.15) is 24.5 Å². The Morgan fingerprint density at radius 2 is 1.92 bits per heavy atom. The van der Waals surface area contributed by atoms with Crippen LogP contribution < -0.4 is 14.8 Å². The normalized spacial score (nSPS) is 11.7. The van der Waals surface area contributed by atoms with Gasteiger partial charge in [0, 0.05) is 24.1 Å². The molecule has 0 saturated carbocycles. The molecular weight excluding hydrogens is 346 g/mol. The molecule has 2 aromatic carbocycles. The minimum absolute atomic E-state index is 0.0773. The van der Waals surface area contributed by atoms with Crippen molar-refractivity contribution in [2.75, 3.05) is 19.4 Å². The Labute approximate surface area is 160 Å². The summed E-state index contributed by atoms with van der Waals surface area (Å²) in [5, 5.41) is 2.96. The number of methoxy groups -OCH3 is 1. The quantitative estimate of drug-likeness (QED) is 0.634. The van der Waals surface area contributed by atoms with E-state index in [1.807, 2.05) is 36.9 Å². The van der Waals surface area contributed by atoms with E-state index < -0.39 is 6.10 Å². The van der Waals surface area contributed by atoms with Crippen LogP contribution in [0, 0.1) is 6.92 Å². The van der Waals surface area contributed by atoms with Crippen molar-refractivity contribution in [2.24, 2.45) is 0 Å². The van der Waals surface area contributed by atoms with Gasteiger partial charge in [-0.05, 0) is 31.0 Å². The summed E-state index contributed by atoms with van der Waals surface area (Å²) in [4.78, 5) is 12.3. The molecule has 4 nitrogen and oxygen atoms in total. The largest absolute Gasteiger partial charge is 0.497 e. The molecule has 0 aliphatic rings. The standard InChI is InChI=1S/C21H27NO3S/c1-4-20(25-19-10-6-9-18(14-19)24-3)21(23)22-11-12-26-15-17-8-5-7-16(2)13-17/h5-10,13-14,20H,4,11-12,15H2,1-3H3,(H,22,23). The zero-order chi connectivity index (χ0) is 18.8. The molecule has 140 valence electrons. The molecule has 1 amide bonds. The van der Waals surface area contributed by atoms with Crippen LogP contribution in [0.15, 0.2) is 48.5 Å². The van der Waals surface area contributed by atoms with Crippen LogP contribution in [0.25, 0.3) is 0 Å². The number of aryl methyl sites for hydroxylation is 1. The number of carbonyl (C=O) groups is 1. The van der Waals surface area contributed by atoms with Crippen molar-refractivity contribution in [2.45, 2.75) is 32.1 Å². The molecule has 0 saturated heterocycles. The van der Waals surface area contributed by atoms with Gasteiger partial charge in [-0.3, -0.25) is 4.79 Å². The predicted molar refractivity (Wildman–Crippen MR) is 108 cm³/mol. The molecule has 5 heteroatoms. The number of hydrogen-bond acceptors (Lipinski definition) is 4. The number of benzene rings is 2. The van der Waals surface area contributed by atoms with Crippen molar-refractivity contribution >= 4 is 17.7 Å². The van der Waals surface area contributed by atoms with Crippen LogP contribution in [0.4, 0.5) is 0 Å². The highest BCUT2D eigenvalue weighted by Crippen LogP contribution is 2.20. The summed E-state index contributed by atoms with van der Waals surface area (Å²) < 4.78 is 11.0. The lowest BCUT2D eigenvalue weighted by molar-refractivity contribution is -0.127. The summed E-state index contributed by atoms with van der Waals surface area (Å²) in [7, 11) is 1.61. The van der Waals surface area contributed by atoms with Gasteiger partial charge in [-0.2, -0.15) is 11.8 Å².